The zero-order chi connectivity index (χ0) is 24.3. The van der Waals surface area contributed by atoms with E-state index >= 15 is 0 Å². The van der Waals surface area contributed by atoms with Crippen molar-refractivity contribution in [1.82, 2.24) is 0 Å². The van der Waals surface area contributed by atoms with Gasteiger partial charge < -0.3 is 11.1 Å². The van der Waals surface area contributed by atoms with Gasteiger partial charge in [0, 0.05) is 9.77 Å². The van der Waals surface area contributed by atoms with Gasteiger partial charge >= 0.3 is 0 Å². The number of anilines is 1. The first-order valence-electron chi connectivity index (χ1n) is 11.8. The van der Waals surface area contributed by atoms with Gasteiger partial charge in [-0.05, 0) is 53.9 Å². The Balaban J connectivity index is 1.64. The lowest BCUT2D eigenvalue weighted by Gasteiger charge is -2.36. The molecule has 1 aliphatic rings. The number of carbonyl (C=O) groups is 2. The van der Waals surface area contributed by atoms with E-state index in [1.165, 1.54) is 28.0 Å². The highest BCUT2D eigenvalue weighted by Crippen LogP contribution is 2.46. The minimum atomic E-state index is -0.465. The van der Waals surface area contributed by atoms with Crippen molar-refractivity contribution in [2.45, 2.75) is 56.6 Å². The normalized spacial score (nSPS) is 16.5. The van der Waals surface area contributed by atoms with Crippen LogP contribution >= 0.6 is 23.1 Å². The van der Waals surface area contributed by atoms with Crippen molar-refractivity contribution < 1.29 is 9.59 Å². The molecule has 178 valence electrons. The highest BCUT2D eigenvalue weighted by Gasteiger charge is 2.35. The quantitative estimate of drug-likeness (QED) is 0.337. The standard InChI is InChI=1S/C28H32N2O2S2/c1-4-28(2,3)19-15-16-21-22(17-19)34-27(23(21)25(29)31)30-26(32)24(18-11-7-5-8-12-18)33-20-13-9-6-10-14-20/h5-14,19,24H,4,15-17H2,1-3H3,(H2,29,31)(H,30,32). The number of fused-ring (bicyclic) bond motifs is 1. The molecule has 6 heteroatoms. The van der Waals surface area contributed by atoms with Gasteiger partial charge in [0.15, 0.2) is 0 Å². The predicted octanol–water partition coefficient (Wildman–Crippen LogP) is 6.86. The molecule has 0 bridgehead atoms. The molecule has 0 saturated carbocycles. The summed E-state index contributed by atoms with van der Waals surface area (Å²) in [5.74, 6) is -0.0572. The molecule has 4 rings (SSSR count). The predicted molar refractivity (Wildman–Crippen MR) is 143 cm³/mol. The van der Waals surface area contributed by atoms with Gasteiger partial charge in [-0.25, -0.2) is 0 Å². The third-order valence-electron chi connectivity index (χ3n) is 7.10. The zero-order valence-electron chi connectivity index (χ0n) is 20.0. The molecule has 1 aliphatic carbocycles. The molecule has 2 unspecified atom stereocenters. The summed E-state index contributed by atoms with van der Waals surface area (Å²) in [5.41, 5.74) is 8.51. The van der Waals surface area contributed by atoms with Gasteiger partial charge in [0.1, 0.15) is 10.3 Å². The molecule has 2 amide bonds. The van der Waals surface area contributed by atoms with Crippen LogP contribution in [0.2, 0.25) is 0 Å². The molecule has 2 atom stereocenters. The third kappa shape index (κ3) is 5.23. The van der Waals surface area contributed by atoms with Crippen LogP contribution in [-0.4, -0.2) is 11.8 Å². The maximum absolute atomic E-state index is 13.6. The summed E-state index contributed by atoms with van der Waals surface area (Å²) in [7, 11) is 0. The van der Waals surface area contributed by atoms with Crippen molar-refractivity contribution in [3.05, 3.63) is 82.2 Å². The Kier molecular flexibility index (Phi) is 7.48. The second-order valence-corrected chi connectivity index (χ2v) is 11.8. The molecule has 4 nitrogen and oxygen atoms in total. The van der Waals surface area contributed by atoms with E-state index < -0.39 is 11.2 Å². The first-order valence-corrected chi connectivity index (χ1v) is 13.5. The average molecular weight is 493 g/mol. The Morgan fingerprint density at radius 3 is 2.38 bits per heavy atom. The highest BCUT2D eigenvalue weighted by atomic mass is 32.2. The Labute approximate surface area is 210 Å². The van der Waals surface area contributed by atoms with Crippen LogP contribution in [0.1, 0.15) is 65.2 Å². The minimum Gasteiger partial charge on any atom is -0.365 e. The number of carbonyl (C=O) groups excluding carboxylic acids is 2. The van der Waals surface area contributed by atoms with Crippen LogP contribution < -0.4 is 11.1 Å². The zero-order valence-corrected chi connectivity index (χ0v) is 21.6. The molecule has 0 fully saturated rings. The number of benzene rings is 2. The van der Waals surface area contributed by atoms with Gasteiger partial charge in [-0.2, -0.15) is 0 Å². The smallest absolute Gasteiger partial charge is 0.251 e. The Hall–Kier alpha value is -2.57. The van der Waals surface area contributed by atoms with Crippen molar-refractivity contribution in [3.63, 3.8) is 0 Å². The van der Waals surface area contributed by atoms with Crippen LogP contribution in [0.3, 0.4) is 0 Å². The highest BCUT2D eigenvalue weighted by molar-refractivity contribution is 8.00. The molecule has 1 heterocycles. The summed E-state index contributed by atoms with van der Waals surface area (Å²) in [5, 5.41) is 3.23. The third-order valence-corrected chi connectivity index (χ3v) is 9.54. The van der Waals surface area contributed by atoms with Gasteiger partial charge in [0.05, 0.1) is 5.56 Å². The monoisotopic (exact) mass is 492 g/mol. The summed E-state index contributed by atoms with van der Waals surface area (Å²) in [6.45, 7) is 6.87. The van der Waals surface area contributed by atoms with E-state index in [0.29, 0.717) is 16.5 Å². The van der Waals surface area contributed by atoms with Gasteiger partial charge in [0.2, 0.25) is 5.91 Å². The van der Waals surface area contributed by atoms with E-state index in [2.05, 4.69) is 26.1 Å². The van der Waals surface area contributed by atoms with Gasteiger partial charge in [-0.15, -0.1) is 23.1 Å². The maximum atomic E-state index is 13.6. The molecule has 2 aromatic carbocycles. The number of nitrogens with one attached hydrogen (secondary N) is 1. The van der Waals surface area contributed by atoms with Crippen LogP contribution in [0.25, 0.3) is 0 Å². The number of thiophene rings is 1. The Morgan fingerprint density at radius 2 is 1.76 bits per heavy atom. The molecule has 0 spiro atoms. The number of hydrogen-bond donors (Lipinski definition) is 2. The molecule has 0 radical (unpaired) electrons. The number of nitrogens with two attached hydrogens (primary N) is 1. The summed E-state index contributed by atoms with van der Waals surface area (Å²) < 4.78 is 0. The summed E-state index contributed by atoms with van der Waals surface area (Å²) in [6.07, 6.45) is 3.90. The molecule has 0 aliphatic heterocycles. The van der Waals surface area contributed by atoms with Gasteiger partial charge in [0.25, 0.3) is 5.91 Å². The van der Waals surface area contributed by atoms with E-state index in [0.717, 1.165) is 41.7 Å². The van der Waals surface area contributed by atoms with Crippen LogP contribution in [-0.2, 0) is 17.6 Å². The maximum Gasteiger partial charge on any atom is 0.251 e. The van der Waals surface area contributed by atoms with Crippen LogP contribution in [0, 0.1) is 11.3 Å². The van der Waals surface area contributed by atoms with E-state index in [9.17, 15) is 9.59 Å². The average Bonchev–Trinajstić information content (AvgIpc) is 3.20. The first-order chi connectivity index (χ1) is 16.3. The number of thioether (sulfide) groups is 1. The molecular weight excluding hydrogens is 460 g/mol. The van der Waals surface area contributed by atoms with Crippen LogP contribution in [0.4, 0.5) is 5.00 Å². The topological polar surface area (TPSA) is 72.2 Å². The fourth-order valence-electron chi connectivity index (χ4n) is 4.60. The summed E-state index contributed by atoms with van der Waals surface area (Å²) in [6, 6.07) is 19.7. The Bertz CT molecular complexity index is 1160. The summed E-state index contributed by atoms with van der Waals surface area (Å²) in [4.78, 5) is 28.3. The Morgan fingerprint density at radius 1 is 1.12 bits per heavy atom. The van der Waals surface area contributed by atoms with Crippen molar-refractivity contribution in [2.75, 3.05) is 5.32 Å². The van der Waals surface area contributed by atoms with Crippen molar-refractivity contribution in [3.8, 4) is 0 Å². The van der Waals surface area contributed by atoms with E-state index in [1.54, 1.807) is 0 Å². The minimum absolute atomic E-state index is 0.147. The molecule has 3 aromatic rings. The number of hydrogen-bond acceptors (Lipinski definition) is 4. The van der Waals surface area contributed by atoms with E-state index in [1.807, 2.05) is 60.7 Å². The fraction of sp³-hybridized carbons (Fsp3) is 0.357. The second kappa shape index (κ2) is 10.4. The number of primary amides is 1. The lowest BCUT2D eigenvalue weighted by Crippen LogP contribution is -2.29. The first kappa shape index (κ1) is 24.6. The van der Waals surface area contributed by atoms with Crippen LogP contribution in [0.5, 0.6) is 0 Å². The molecule has 0 saturated heterocycles. The number of rotatable bonds is 8. The van der Waals surface area contributed by atoms with Crippen LogP contribution in [0.15, 0.2) is 65.6 Å². The van der Waals surface area contributed by atoms with E-state index in [4.69, 9.17) is 5.73 Å². The lowest BCUT2D eigenvalue weighted by molar-refractivity contribution is -0.115. The van der Waals surface area contributed by atoms with Crippen molar-refractivity contribution in [2.24, 2.45) is 17.1 Å². The number of amides is 2. The largest absolute Gasteiger partial charge is 0.365 e. The second-order valence-electron chi connectivity index (χ2n) is 9.56. The lowest BCUT2D eigenvalue weighted by atomic mass is 9.69. The molecule has 34 heavy (non-hydrogen) atoms. The summed E-state index contributed by atoms with van der Waals surface area (Å²) >= 11 is 3.03. The fourth-order valence-corrected chi connectivity index (χ4v) is 6.99. The van der Waals surface area contributed by atoms with E-state index in [-0.39, 0.29) is 11.3 Å². The molecule has 3 N–H and O–H groups in total. The molecule has 1 aromatic heterocycles. The van der Waals surface area contributed by atoms with Gasteiger partial charge in [-0.3, -0.25) is 9.59 Å². The van der Waals surface area contributed by atoms with Crippen molar-refractivity contribution in [1.29, 1.82) is 0 Å². The van der Waals surface area contributed by atoms with Gasteiger partial charge in [-0.1, -0.05) is 75.7 Å². The molecular formula is C28H32N2O2S2. The van der Waals surface area contributed by atoms with Crippen molar-refractivity contribution >= 4 is 39.9 Å². The SMILES string of the molecule is CCC(C)(C)C1CCc2c(sc(NC(=O)C(Sc3ccccc3)c3ccccc3)c2C(N)=O)C1.